The molecule has 0 aliphatic rings. The van der Waals surface area contributed by atoms with Crippen LogP contribution in [0.25, 0.3) is 11.4 Å². The number of rotatable bonds is 4. The minimum Gasteiger partial charge on any atom is -0.507 e. The summed E-state index contributed by atoms with van der Waals surface area (Å²) in [6.07, 6.45) is 1.51. The molecular weight excluding hydrogens is 304 g/mol. The van der Waals surface area contributed by atoms with E-state index in [9.17, 15) is 10.2 Å². The number of benzene rings is 2. The molecule has 3 N–H and O–H groups in total. The monoisotopic (exact) mass is 320 g/mol. The third-order valence-corrected chi connectivity index (χ3v) is 3.32. The Morgan fingerprint density at radius 1 is 0.958 bits per heavy atom. The molecule has 120 valence electrons. The zero-order valence-corrected chi connectivity index (χ0v) is 13.0. The van der Waals surface area contributed by atoms with Crippen LogP contribution in [0.15, 0.2) is 59.7 Å². The average molecular weight is 320 g/mol. The summed E-state index contributed by atoms with van der Waals surface area (Å²) in [4.78, 5) is 8.70. The van der Waals surface area contributed by atoms with Gasteiger partial charge in [0.25, 0.3) is 0 Å². The van der Waals surface area contributed by atoms with Gasteiger partial charge in [0.2, 0.25) is 0 Å². The Balaban J connectivity index is 1.85. The van der Waals surface area contributed by atoms with Crippen molar-refractivity contribution in [2.75, 3.05) is 5.43 Å². The van der Waals surface area contributed by atoms with Crippen LogP contribution in [0.2, 0.25) is 0 Å². The number of nitrogens with zero attached hydrogens (tertiary/aromatic N) is 3. The molecule has 0 saturated heterocycles. The Hall–Kier alpha value is -3.41. The smallest absolute Gasteiger partial charge is 0.165 e. The molecule has 0 aliphatic carbocycles. The molecule has 6 heteroatoms. The number of hydrogen-bond donors (Lipinski definition) is 3. The minimum atomic E-state index is 0.117. The third kappa shape index (κ3) is 3.49. The SMILES string of the molecule is Cc1cc(N/N=C\c2ccccc2O)nc(-c2ccccc2O)n1. The molecule has 0 spiro atoms. The molecule has 1 aromatic heterocycles. The Bertz CT molecular complexity index is 894. The van der Waals surface area contributed by atoms with E-state index in [-0.39, 0.29) is 11.5 Å². The lowest BCUT2D eigenvalue weighted by atomic mass is 10.2. The van der Waals surface area contributed by atoms with Crippen molar-refractivity contribution >= 4 is 12.0 Å². The van der Waals surface area contributed by atoms with E-state index in [1.807, 2.05) is 19.1 Å². The highest BCUT2D eigenvalue weighted by atomic mass is 16.3. The van der Waals surface area contributed by atoms with Gasteiger partial charge >= 0.3 is 0 Å². The van der Waals surface area contributed by atoms with Gasteiger partial charge in [-0.25, -0.2) is 9.97 Å². The first kappa shape index (κ1) is 15.5. The van der Waals surface area contributed by atoms with E-state index in [0.29, 0.717) is 22.8 Å². The summed E-state index contributed by atoms with van der Waals surface area (Å²) in [5, 5.41) is 23.7. The molecule has 3 rings (SSSR count). The molecule has 3 aromatic rings. The van der Waals surface area contributed by atoms with E-state index in [1.165, 1.54) is 6.21 Å². The maximum absolute atomic E-state index is 9.94. The number of nitrogens with one attached hydrogen (secondary N) is 1. The summed E-state index contributed by atoms with van der Waals surface area (Å²) in [5.74, 6) is 1.17. The number of hydrogen-bond acceptors (Lipinski definition) is 6. The highest BCUT2D eigenvalue weighted by Crippen LogP contribution is 2.26. The number of aromatic hydroxyl groups is 2. The van der Waals surface area contributed by atoms with E-state index in [4.69, 9.17) is 0 Å². The summed E-state index contributed by atoms with van der Waals surface area (Å²) >= 11 is 0. The average Bonchev–Trinajstić information content (AvgIpc) is 2.56. The van der Waals surface area contributed by atoms with E-state index in [2.05, 4.69) is 20.5 Å². The van der Waals surface area contributed by atoms with Gasteiger partial charge in [-0.15, -0.1) is 0 Å². The first-order valence-electron chi connectivity index (χ1n) is 7.34. The molecule has 0 amide bonds. The standard InChI is InChI=1S/C18H16N4O2/c1-12-10-17(22-19-11-13-6-2-4-8-15(13)23)21-18(20-12)14-7-3-5-9-16(14)24/h2-11,23-24H,1H3,(H,20,21,22)/b19-11-. The molecule has 0 unspecified atom stereocenters. The van der Waals surface area contributed by atoms with E-state index in [0.717, 1.165) is 5.69 Å². The van der Waals surface area contributed by atoms with Crippen LogP contribution in [0.3, 0.4) is 0 Å². The quantitative estimate of drug-likeness (QED) is 0.507. The lowest BCUT2D eigenvalue weighted by Crippen LogP contribution is -1.99. The van der Waals surface area contributed by atoms with Gasteiger partial charge in [0.05, 0.1) is 11.8 Å². The Labute approximate surface area is 139 Å². The van der Waals surface area contributed by atoms with Crippen molar-refractivity contribution in [2.24, 2.45) is 5.10 Å². The molecular formula is C18H16N4O2. The molecule has 6 nitrogen and oxygen atoms in total. The number of anilines is 1. The second-order valence-electron chi connectivity index (χ2n) is 5.16. The zero-order chi connectivity index (χ0) is 16.9. The summed E-state index contributed by atoms with van der Waals surface area (Å²) in [6.45, 7) is 1.84. The van der Waals surface area contributed by atoms with Gasteiger partial charge in [0, 0.05) is 17.3 Å². The van der Waals surface area contributed by atoms with Gasteiger partial charge in [0.1, 0.15) is 11.5 Å². The van der Waals surface area contributed by atoms with Gasteiger partial charge in [-0.3, -0.25) is 5.43 Å². The Morgan fingerprint density at radius 3 is 2.42 bits per heavy atom. The second kappa shape index (κ2) is 6.78. The molecule has 0 radical (unpaired) electrons. The van der Waals surface area contributed by atoms with Crippen LogP contribution in [0.5, 0.6) is 11.5 Å². The van der Waals surface area contributed by atoms with Crippen molar-refractivity contribution in [1.82, 2.24) is 9.97 Å². The van der Waals surface area contributed by atoms with Crippen molar-refractivity contribution < 1.29 is 10.2 Å². The molecule has 0 bridgehead atoms. The molecule has 0 atom stereocenters. The summed E-state index contributed by atoms with van der Waals surface area (Å²) in [6, 6.07) is 15.5. The fourth-order valence-electron chi connectivity index (χ4n) is 2.17. The van der Waals surface area contributed by atoms with E-state index in [1.54, 1.807) is 42.5 Å². The van der Waals surface area contributed by atoms with Crippen molar-refractivity contribution in [1.29, 1.82) is 0 Å². The van der Waals surface area contributed by atoms with E-state index < -0.39 is 0 Å². The summed E-state index contributed by atoms with van der Waals surface area (Å²) < 4.78 is 0. The van der Waals surface area contributed by atoms with Gasteiger partial charge in [-0.2, -0.15) is 5.10 Å². The van der Waals surface area contributed by atoms with Gasteiger partial charge < -0.3 is 10.2 Å². The van der Waals surface area contributed by atoms with Gasteiger partial charge in [-0.05, 0) is 31.2 Å². The first-order valence-corrected chi connectivity index (χ1v) is 7.34. The van der Waals surface area contributed by atoms with Crippen LogP contribution in [-0.4, -0.2) is 26.4 Å². The predicted octanol–water partition coefficient (Wildman–Crippen LogP) is 3.31. The number of phenolic OH excluding ortho intramolecular Hbond substituents is 2. The molecule has 24 heavy (non-hydrogen) atoms. The zero-order valence-electron chi connectivity index (χ0n) is 13.0. The lowest BCUT2D eigenvalue weighted by molar-refractivity contribution is 0.474. The highest BCUT2D eigenvalue weighted by Gasteiger charge is 2.08. The topological polar surface area (TPSA) is 90.6 Å². The summed E-state index contributed by atoms with van der Waals surface area (Å²) in [7, 11) is 0. The van der Waals surface area contributed by atoms with Gasteiger partial charge in [-0.1, -0.05) is 24.3 Å². The van der Waals surface area contributed by atoms with Crippen LogP contribution in [-0.2, 0) is 0 Å². The van der Waals surface area contributed by atoms with Crippen molar-refractivity contribution in [3.8, 4) is 22.9 Å². The van der Waals surface area contributed by atoms with Crippen molar-refractivity contribution in [2.45, 2.75) is 6.92 Å². The fraction of sp³-hybridized carbons (Fsp3) is 0.0556. The maximum atomic E-state index is 9.94. The van der Waals surface area contributed by atoms with Crippen LogP contribution < -0.4 is 5.43 Å². The van der Waals surface area contributed by atoms with Crippen LogP contribution in [0.1, 0.15) is 11.3 Å². The molecule has 2 aromatic carbocycles. The highest BCUT2D eigenvalue weighted by molar-refractivity contribution is 5.83. The van der Waals surface area contributed by atoms with Crippen LogP contribution >= 0.6 is 0 Å². The van der Waals surface area contributed by atoms with Gasteiger partial charge in [0.15, 0.2) is 11.6 Å². The number of para-hydroxylation sites is 2. The van der Waals surface area contributed by atoms with Crippen molar-refractivity contribution in [3.05, 3.63) is 65.9 Å². The number of hydrazone groups is 1. The number of phenols is 2. The second-order valence-corrected chi connectivity index (χ2v) is 5.16. The normalized spacial score (nSPS) is 10.9. The molecule has 1 heterocycles. The minimum absolute atomic E-state index is 0.117. The third-order valence-electron chi connectivity index (χ3n) is 3.32. The molecule has 0 fully saturated rings. The predicted molar refractivity (Wildman–Crippen MR) is 93.2 cm³/mol. The largest absolute Gasteiger partial charge is 0.507 e. The van der Waals surface area contributed by atoms with Crippen LogP contribution in [0.4, 0.5) is 5.82 Å². The molecule has 0 saturated carbocycles. The number of aromatic nitrogens is 2. The summed E-state index contributed by atoms with van der Waals surface area (Å²) in [5.41, 5.74) is 4.70. The van der Waals surface area contributed by atoms with Crippen molar-refractivity contribution in [3.63, 3.8) is 0 Å². The maximum Gasteiger partial charge on any atom is 0.165 e. The van der Waals surface area contributed by atoms with E-state index >= 15 is 0 Å². The first-order chi connectivity index (χ1) is 11.6. The molecule has 0 aliphatic heterocycles. The Morgan fingerprint density at radius 2 is 1.67 bits per heavy atom. The van der Waals surface area contributed by atoms with Crippen LogP contribution in [0, 0.1) is 6.92 Å². The lowest BCUT2D eigenvalue weighted by Gasteiger charge is -2.07. The number of aryl methyl sites for hydroxylation is 1. The Kier molecular flexibility index (Phi) is 4.38. The fourth-order valence-corrected chi connectivity index (χ4v) is 2.17.